The highest BCUT2D eigenvalue weighted by molar-refractivity contribution is 5.92. The van der Waals surface area contributed by atoms with Crippen LogP contribution in [0.25, 0.3) is 0 Å². The second-order valence-corrected chi connectivity index (χ2v) is 11.1. The van der Waals surface area contributed by atoms with Crippen molar-refractivity contribution in [3.63, 3.8) is 0 Å². The summed E-state index contributed by atoms with van der Waals surface area (Å²) in [6, 6.07) is -1.76. The van der Waals surface area contributed by atoms with Gasteiger partial charge in [0.25, 0.3) is 0 Å². The van der Waals surface area contributed by atoms with Crippen LogP contribution in [0.3, 0.4) is 0 Å². The standard InChI is InChI=1S/C14H24N2O5.C7H13NO2.C6H11NO4.2CH4.ClH/c1-9(2)10(15-13(19)21-5)11(17)16-8-6-7-14(16,3)12(18)20-4;1-7(6(9)10-2)4-3-5-8-7;1-3(2)4(5(8)9)7-6(10)11;;;/h9-10H,6-8H2,1-5H3,(H,15,19);8H,3-5H2,1-2H3;3-4,7H,1-2H3,(H,8,9)(H,10,11);2*1H4;1H/t10-,14-;7-;4-;;;/m000.../s1. The molecule has 0 radical (unpaired) electrons. The van der Waals surface area contributed by atoms with Crippen LogP contribution in [0.5, 0.6) is 0 Å². The Morgan fingerprint density at radius 2 is 1.29 bits per heavy atom. The van der Waals surface area contributed by atoms with Gasteiger partial charge in [-0.2, -0.15) is 0 Å². The molecule has 2 rings (SSSR count). The zero-order chi connectivity index (χ0) is 32.8. The number of nitrogens with one attached hydrogen (secondary N) is 3. The van der Waals surface area contributed by atoms with Crippen molar-refractivity contribution < 1.29 is 53.2 Å². The van der Waals surface area contributed by atoms with Crippen LogP contribution in [-0.2, 0) is 33.4 Å². The molecule has 0 spiro atoms. The van der Waals surface area contributed by atoms with Crippen LogP contribution in [0.2, 0.25) is 0 Å². The lowest BCUT2D eigenvalue weighted by molar-refractivity contribution is -0.159. The van der Waals surface area contributed by atoms with E-state index in [0.29, 0.717) is 13.0 Å². The molecule has 0 aliphatic carbocycles. The molecule has 2 fully saturated rings. The zero-order valence-corrected chi connectivity index (χ0v) is 27.3. The highest BCUT2D eigenvalue weighted by atomic mass is 35.5. The molecule has 0 bridgehead atoms. The van der Waals surface area contributed by atoms with Gasteiger partial charge in [0.2, 0.25) is 5.91 Å². The number of hydrogen-bond acceptors (Lipinski definition) is 10. The number of halogens is 1. The van der Waals surface area contributed by atoms with E-state index in [1.807, 2.05) is 26.1 Å². The van der Waals surface area contributed by atoms with E-state index in [2.05, 4.69) is 20.1 Å². The summed E-state index contributed by atoms with van der Waals surface area (Å²) in [7, 11) is 3.97. The smallest absolute Gasteiger partial charge is 0.407 e. The maximum atomic E-state index is 12.7. The van der Waals surface area contributed by atoms with Crippen LogP contribution in [-0.4, -0.2) is 109 Å². The molecule has 0 aromatic heterocycles. The molecule has 2 aliphatic rings. The van der Waals surface area contributed by atoms with Gasteiger partial charge in [-0.3, -0.25) is 9.59 Å². The van der Waals surface area contributed by atoms with Crippen molar-refractivity contribution in [2.24, 2.45) is 11.8 Å². The zero-order valence-electron chi connectivity index (χ0n) is 26.5. The molecule has 0 aromatic rings. The van der Waals surface area contributed by atoms with Crippen LogP contribution >= 0.6 is 12.4 Å². The third-order valence-electron chi connectivity index (χ3n) is 7.14. The van der Waals surface area contributed by atoms with E-state index >= 15 is 0 Å². The average Bonchev–Trinajstić information content (AvgIpc) is 3.55. The minimum atomic E-state index is -1.31. The summed E-state index contributed by atoms with van der Waals surface area (Å²) >= 11 is 0. The number of likely N-dealkylation sites (tertiary alicyclic amines) is 1. The number of carboxylic acid groups (broad SMARTS) is 2. The number of rotatable bonds is 8. The summed E-state index contributed by atoms with van der Waals surface area (Å²) in [5, 5.41) is 24.2. The fourth-order valence-corrected chi connectivity index (χ4v) is 4.56. The van der Waals surface area contributed by atoms with Gasteiger partial charge >= 0.3 is 30.1 Å². The molecule has 0 unspecified atom stereocenters. The topological polar surface area (TPSA) is 210 Å². The van der Waals surface area contributed by atoms with Crippen LogP contribution < -0.4 is 16.0 Å². The van der Waals surface area contributed by atoms with Crippen molar-refractivity contribution in [1.29, 1.82) is 0 Å². The molecule has 16 heteroatoms. The largest absolute Gasteiger partial charge is 0.480 e. The number of carbonyl (C=O) groups excluding carboxylic acids is 4. The molecule has 2 saturated heterocycles. The number of carboxylic acids is 1. The van der Waals surface area contributed by atoms with E-state index in [9.17, 15) is 28.8 Å². The summed E-state index contributed by atoms with van der Waals surface area (Å²) in [6.07, 6.45) is 1.24. The fraction of sp³-hybridized carbons (Fsp3) is 0.793. The van der Waals surface area contributed by atoms with Gasteiger partial charge in [-0.25, -0.2) is 19.2 Å². The second-order valence-electron chi connectivity index (χ2n) is 11.1. The van der Waals surface area contributed by atoms with E-state index < -0.39 is 47.3 Å². The normalized spacial score (nSPS) is 20.9. The molecule has 3 amide bonds. The Kier molecular flexibility index (Phi) is 24.0. The Labute approximate surface area is 273 Å². The Bertz CT molecular complexity index is 959. The van der Waals surface area contributed by atoms with Crippen molar-refractivity contribution in [2.75, 3.05) is 34.4 Å². The van der Waals surface area contributed by atoms with Gasteiger partial charge in [0, 0.05) is 6.54 Å². The van der Waals surface area contributed by atoms with Crippen LogP contribution in [0.15, 0.2) is 0 Å². The molecular weight excluding hydrogens is 616 g/mol. The third kappa shape index (κ3) is 14.5. The van der Waals surface area contributed by atoms with Gasteiger partial charge in [0.1, 0.15) is 23.2 Å². The van der Waals surface area contributed by atoms with Crippen molar-refractivity contribution >= 4 is 48.4 Å². The number of esters is 2. The quantitative estimate of drug-likeness (QED) is 0.186. The van der Waals surface area contributed by atoms with E-state index in [1.54, 1.807) is 20.8 Å². The number of carbonyl (C=O) groups is 6. The lowest BCUT2D eigenvalue weighted by Gasteiger charge is -2.35. The monoisotopic (exact) mass is 672 g/mol. The third-order valence-corrected chi connectivity index (χ3v) is 7.14. The number of methoxy groups -OCH3 is 3. The number of aliphatic carboxylic acids is 1. The molecule has 15 nitrogen and oxygen atoms in total. The Hall–Kier alpha value is -3.33. The molecular formula is C29H57ClN4O11. The first-order valence-electron chi connectivity index (χ1n) is 13.7. The van der Waals surface area contributed by atoms with E-state index in [4.69, 9.17) is 14.9 Å². The van der Waals surface area contributed by atoms with E-state index in [0.717, 1.165) is 25.8 Å². The Morgan fingerprint density at radius 1 is 0.778 bits per heavy atom. The highest BCUT2D eigenvalue weighted by Gasteiger charge is 2.48. The SMILES string of the molecule is C.C.CC(C)[C@H](NC(=O)O)C(=O)O.COC(=O)N[C@H](C(=O)N1CCC[C@@]1(C)C(=O)OC)C(C)C.COC(=O)[C@]1(C)CCCN1.Cl. The maximum absolute atomic E-state index is 12.7. The average molecular weight is 673 g/mol. The van der Waals surface area contributed by atoms with Gasteiger partial charge in [0.05, 0.1) is 21.3 Å². The second kappa shape index (κ2) is 22.2. The Morgan fingerprint density at radius 3 is 1.62 bits per heavy atom. The first-order chi connectivity index (χ1) is 19.4. The number of alkyl carbamates (subject to hydrolysis) is 1. The predicted molar refractivity (Wildman–Crippen MR) is 171 cm³/mol. The fourth-order valence-electron chi connectivity index (χ4n) is 4.56. The lowest BCUT2D eigenvalue weighted by atomic mass is 9.96. The summed E-state index contributed by atoms with van der Waals surface area (Å²) in [4.78, 5) is 69.1. The molecule has 266 valence electrons. The van der Waals surface area contributed by atoms with Crippen molar-refractivity contribution in [3.8, 4) is 0 Å². The predicted octanol–water partition coefficient (Wildman–Crippen LogP) is 3.28. The summed E-state index contributed by atoms with van der Waals surface area (Å²) < 4.78 is 14.0. The van der Waals surface area contributed by atoms with E-state index in [1.165, 1.54) is 26.2 Å². The van der Waals surface area contributed by atoms with Crippen LogP contribution in [0.4, 0.5) is 9.59 Å². The van der Waals surface area contributed by atoms with Gasteiger partial charge in [0.15, 0.2) is 0 Å². The molecule has 45 heavy (non-hydrogen) atoms. The first kappa shape index (κ1) is 48.6. The van der Waals surface area contributed by atoms with Gasteiger partial charge in [-0.05, 0) is 57.9 Å². The highest BCUT2D eigenvalue weighted by Crippen LogP contribution is 2.31. The van der Waals surface area contributed by atoms with E-state index in [-0.39, 0.29) is 51.0 Å². The van der Waals surface area contributed by atoms with Gasteiger partial charge < -0.3 is 45.3 Å². The maximum Gasteiger partial charge on any atom is 0.407 e. The molecule has 2 aliphatic heterocycles. The Balaban J connectivity index is -0.000000298. The number of amides is 3. The number of ether oxygens (including phenoxy) is 3. The lowest BCUT2D eigenvalue weighted by Crippen LogP contribution is -2.58. The van der Waals surface area contributed by atoms with Crippen molar-refractivity contribution in [1.82, 2.24) is 20.9 Å². The molecule has 2 heterocycles. The van der Waals surface area contributed by atoms with Crippen LogP contribution in [0, 0.1) is 11.8 Å². The molecule has 5 N–H and O–H groups in total. The van der Waals surface area contributed by atoms with Gasteiger partial charge in [-0.1, -0.05) is 42.5 Å². The summed E-state index contributed by atoms with van der Waals surface area (Å²) in [5.41, 5.74) is -1.38. The number of nitrogens with zero attached hydrogens (tertiary/aromatic N) is 1. The van der Waals surface area contributed by atoms with Gasteiger partial charge in [-0.15, -0.1) is 12.4 Å². The van der Waals surface area contributed by atoms with Crippen molar-refractivity contribution in [2.45, 2.75) is 105 Å². The number of hydrogen-bond donors (Lipinski definition) is 5. The molecule has 0 saturated carbocycles. The minimum Gasteiger partial charge on any atom is -0.480 e. The first-order valence-corrected chi connectivity index (χ1v) is 13.7. The summed E-state index contributed by atoms with van der Waals surface area (Å²) in [6.45, 7) is 11.9. The summed E-state index contributed by atoms with van der Waals surface area (Å²) in [5.74, 6) is -2.40. The van der Waals surface area contributed by atoms with Crippen LogP contribution in [0.1, 0.15) is 82.1 Å². The minimum absolute atomic E-state index is 0. The van der Waals surface area contributed by atoms with Crippen molar-refractivity contribution in [3.05, 3.63) is 0 Å². The molecule has 4 atom stereocenters. The molecule has 0 aromatic carbocycles.